The molecule has 6 heteroatoms. The molecule has 0 aromatic heterocycles. The molecule has 1 aromatic rings. The molecule has 2 saturated heterocycles. The summed E-state index contributed by atoms with van der Waals surface area (Å²) in [5.74, 6) is 5.32. The Morgan fingerprint density at radius 2 is 1.75 bits per heavy atom. The van der Waals surface area contributed by atoms with Gasteiger partial charge in [-0.15, -0.1) is 0 Å². The Hall–Kier alpha value is -2.36. The van der Waals surface area contributed by atoms with Crippen LogP contribution in [0.2, 0.25) is 0 Å². The molecule has 2 aliphatic heterocycles. The first-order valence-electron chi connectivity index (χ1n) is 8.30. The third kappa shape index (κ3) is 4.13. The Morgan fingerprint density at radius 1 is 1.08 bits per heavy atom. The third-order valence-corrected chi connectivity index (χ3v) is 4.41. The Balaban J connectivity index is 1.54. The molecule has 0 saturated carbocycles. The van der Waals surface area contributed by atoms with Crippen molar-refractivity contribution in [3.8, 4) is 11.8 Å². The summed E-state index contributed by atoms with van der Waals surface area (Å²) in [6, 6.07) is 6.82. The Bertz CT molecular complexity index is 666. The number of nitrogens with zero attached hydrogens (tertiary/aromatic N) is 2. The van der Waals surface area contributed by atoms with Crippen LogP contribution in [0.5, 0.6) is 0 Å². The van der Waals surface area contributed by atoms with Crippen molar-refractivity contribution in [1.82, 2.24) is 20.4 Å². The van der Waals surface area contributed by atoms with Crippen LogP contribution < -0.4 is 10.6 Å². The van der Waals surface area contributed by atoms with Crippen LogP contribution in [-0.4, -0.2) is 60.5 Å². The summed E-state index contributed by atoms with van der Waals surface area (Å²) >= 11 is 0. The number of rotatable bonds is 3. The lowest BCUT2D eigenvalue weighted by molar-refractivity contribution is -0.119. The largest absolute Gasteiger partial charge is 0.322 e. The van der Waals surface area contributed by atoms with Gasteiger partial charge in [-0.25, -0.2) is 4.79 Å². The van der Waals surface area contributed by atoms with E-state index in [1.807, 2.05) is 12.1 Å². The van der Waals surface area contributed by atoms with Crippen molar-refractivity contribution >= 4 is 11.9 Å². The number of piperazine rings is 1. The van der Waals surface area contributed by atoms with E-state index >= 15 is 0 Å². The minimum absolute atomic E-state index is 0.393. The maximum absolute atomic E-state index is 11.4. The Morgan fingerprint density at radius 3 is 2.33 bits per heavy atom. The SMILES string of the molecule is CCN1CCN(Cc2ccc(C#CC3NC(=O)NC3=O)cc2)CC1. The van der Waals surface area contributed by atoms with Gasteiger partial charge >= 0.3 is 6.03 Å². The first-order valence-corrected chi connectivity index (χ1v) is 8.30. The molecule has 126 valence electrons. The van der Waals surface area contributed by atoms with Crippen molar-refractivity contribution < 1.29 is 9.59 Å². The van der Waals surface area contributed by atoms with E-state index in [9.17, 15) is 9.59 Å². The topological polar surface area (TPSA) is 64.7 Å². The van der Waals surface area contributed by atoms with Crippen molar-refractivity contribution in [3.05, 3.63) is 35.4 Å². The first-order chi connectivity index (χ1) is 11.6. The molecule has 1 aromatic carbocycles. The lowest BCUT2D eigenvalue weighted by Crippen LogP contribution is -2.45. The van der Waals surface area contributed by atoms with Crippen LogP contribution in [0, 0.1) is 11.8 Å². The van der Waals surface area contributed by atoms with Gasteiger partial charge in [0.25, 0.3) is 5.91 Å². The predicted molar refractivity (Wildman–Crippen MR) is 91.2 cm³/mol. The average molecular weight is 326 g/mol. The van der Waals surface area contributed by atoms with E-state index in [0.717, 1.165) is 44.8 Å². The van der Waals surface area contributed by atoms with Gasteiger partial charge in [-0.2, -0.15) is 0 Å². The van der Waals surface area contributed by atoms with Crippen LogP contribution in [0.25, 0.3) is 0 Å². The van der Waals surface area contributed by atoms with Crippen LogP contribution in [-0.2, 0) is 11.3 Å². The number of urea groups is 1. The van der Waals surface area contributed by atoms with Gasteiger partial charge < -0.3 is 10.2 Å². The number of hydrogen-bond acceptors (Lipinski definition) is 4. The second-order valence-corrected chi connectivity index (χ2v) is 6.07. The summed E-state index contributed by atoms with van der Waals surface area (Å²) in [6.07, 6.45) is 0. The maximum Gasteiger partial charge on any atom is 0.322 e. The molecule has 24 heavy (non-hydrogen) atoms. The van der Waals surface area contributed by atoms with Crippen molar-refractivity contribution in [1.29, 1.82) is 0 Å². The second-order valence-electron chi connectivity index (χ2n) is 6.07. The molecule has 3 amide bonds. The van der Waals surface area contributed by atoms with Gasteiger partial charge in [0, 0.05) is 38.3 Å². The summed E-state index contributed by atoms with van der Waals surface area (Å²) in [5.41, 5.74) is 2.10. The number of carbonyl (C=O) groups is 2. The summed E-state index contributed by atoms with van der Waals surface area (Å²) in [7, 11) is 0. The molecule has 0 spiro atoms. The van der Waals surface area contributed by atoms with Crippen LogP contribution >= 0.6 is 0 Å². The molecule has 2 N–H and O–H groups in total. The van der Waals surface area contributed by atoms with Gasteiger partial charge in [-0.1, -0.05) is 30.9 Å². The minimum atomic E-state index is -0.757. The molecule has 0 bridgehead atoms. The summed E-state index contributed by atoms with van der Waals surface area (Å²) in [6.45, 7) is 8.76. The van der Waals surface area contributed by atoms with E-state index < -0.39 is 18.0 Å². The van der Waals surface area contributed by atoms with E-state index in [1.165, 1.54) is 5.56 Å². The normalized spacial score (nSPS) is 21.8. The number of carbonyl (C=O) groups excluding carboxylic acids is 2. The van der Waals surface area contributed by atoms with Gasteiger partial charge in [0.05, 0.1) is 0 Å². The molecule has 6 nitrogen and oxygen atoms in total. The van der Waals surface area contributed by atoms with Crippen LogP contribution in [0.3, 0.4) is 0 Å². The van der Waals surface area contributed by atoms with Gasteiger partial charge in [0.15, 0.2) is 6.04 Å². The minimum Gasteiger partial charge on any atom is -0.316 e. The standard InChI is InChI=1S/C18H22N4O2/c1-2-21-9-11-22(12-10-21)13-15-5-3-14(4-6-15)7-8-16-17(23)20-18(24)19-16/h3-6,16H,2,9-13H2,1H3,(H2,19,20,23,24). The van der Waals surface area contributed by atoms with Crippen molar-refractivity contribution in [2.24, 2.45) is 0 Å². The number of amides is 3. The average Bonchev–Trinajstić information content (AvgIpc) is 2.92. The van der Waals surface area contributed by atoms with Gasteiger partial charge in [-0.3, -0.25) is 15.0 Å². The zero-order chi connectivity index (χ0) is 16.9. The molecule has 2 fully saturated rings. The highest BCUT2D eigenvalue weighted by Crippen LogP contribution is 2.10. The Kier molecular flexibility index (Phi) is 5.14. The molecular formula is C18H22N4O2. The van der Waals surface area contributed by atoms with Gasteiger partial charge in [0.1, 0.15) is 0 Å². The van der Waals surface area contributed by atoms with E-state index in [2.05, 4.69) is 51.3 Å². The van der Waals surface area contributed by atoms with Crippen molar-refractivity contribution in [2.75, 3.05) is 32.7 Å². The molecule has 2 aliphatic rings. The number of hydrogen-bond donors (Lipinski definition) is 2. The maximum atomic E-state index is 11.4. The fourth-order valence-electron chi connectivity index (χ4n) is 2.89. The molecule has 3 rings (SSSR count). The van der Waals surface area contributed by atoms with Crippen molar-refractivity contribution in [3.63, 3.8) is 0 Å². The van der Waals surface area contributed by atoms with Crippen molar-refractivity contribution in [2.45, 2.75) is 19.5 Å². The van der Waals surface area contributed by atoms with E-state index in [-0.39, 0.29) is 0 Å². The smallest absolute Gasteiger partial charge is 0.316 e. The molecule has 0 radical (unpaired) electrons. The molecular weight excluding hydrogens is 304 g/mol. The zero-order valence-corrected chi connectivity index (χ0v) is 13.8. The van der Waals surface area contributed by atoms with E-state index in [4.69, 9.17) is 0 Å². The van der Waals surface area contributed by atoms with E-state index in [1.54, 1.807) is 0 Å². The lowest BCUT2D eigenvalue weighted by atomic mass is 10.1. The summed E-state index contributed by atoms with van der Waals surface area (Å²) in [5, 5.41) is 4.63. The van der Waals surface area contributed by atoms with E-state index in [0.29, 0.717) is 0 Å². The highest BCUT2D eigenvalue weighted by atomic mass is 16.2. The predicted octanol–water partition coefficient (Wildman–Crippen LogP) is 0.384. The summed E-state index contributed by atoms with van der Waals surface area (Å²) < 4.78 is 0. The molecule has 1 atom stereocenters. The number of likely N-dealkylation sites (N-methyl/N-ethyl adjacent to an activating group) is 1. The fourth-order valence-corrected chi connectivity index (χ4v) is 2.89. The van der Waals surface area contributed by atoms with Gasteiger partial charge in [0.2, 0.25) is 0 Å². The molecule has 1 unspecified atom stereocenters. The van der Waals surface area contributed by atoms with Crippen LogP contribution in [0.4, 0.5) is 4.79 Å². The van der Waals surface area contributed by atoms with Crippen LogP contribution in [0.15, 0.2) is 24.3 Å². The second kappa shape index (κ2) is 7.47. The first kappa shape index (κ1) is 16.5. The van der Waals surface area contributed by atoms with Crippen LogP contribution in [0.1, 0.15) is 18.1 Å². The third-order valence-electron chi connectivity index (χ3n) is 4.41. The highest BCUT2D eigenvalue weighted by Gasteiger charge is 2.27. The lowest BCUT2D eigenvalue weighted by Gasteiger charge is -2.34. The fraction of sp³-hybridized carbons (Fsp3) is 0.444. The Labute approximate surface area is 142 Å². The highest BCUT2D eigenvalue weighted by molar-refractivity contribution is 6.05. The molecule has 2 heterocycles. The zero-order valence-electron chi connectivity index (χ0n) is 13.8. The number of benzene rings is 1. The molecule has 0 aliphatic carbocycles. The quantitative estimate of drug-likeness (QED) is 0.623. The number of nitrogens with one attached hydrogen (secondary N) is 2. The summed E-state index contributed by atoms with van der Waals surface area (Å²) in [4.78, 5) is 27.4. The number of imide groups is 1. The van der Waals surface area contributed by atoms with Gasteiger partial charge in [-0.05, 0) is 24.2 Å². The monoisotopic (exact) mass is 326 g/mol.